The van der Waals surface area contributed by atoms with Gasteiger partial charge in [-0.1, -0.05) is 48.0 Å². The summed E-state index contributed by atoms with van der Waals surface area (Å²) in [4.78, 5) is 40.9. The molecule has 2 aliphatic rings. The SMILES string of the molecule is O=C(c1cccc(NC2=C(Cl)C(=O)N(CCc3ccccc3)C2=O)c1)N1CCCC1. The summed E-state index contributed by atoms with van der Waals surface area (Å²) in [5, 5.41) is 2.81. The minimum Gasteiger partial charge on any atom is -0.350 e. The number of hydrogen-bond acceptors (Lipinski definition) is 4. The molecule has 4 rings (SSSR count). The molecule has 30 heavy (non-hydrogen) atoms. The van der Waals surface area contributed by atoms with Gasteiger partial charge in [0.2, 0.25) is 0 Å². The van der Waals surface area contributed by atoms with Crippen molar-refractivity contribution < 1.29 is 14.4 Å². The summed E-state index contributed by atoms with van der Waals surface area (Å²) < 4.78 is 0. The van der Waals surface area contributed by atoms with Gasteiger partial charge in [-0.25, -0.2) is 0 Å². The maximum Gasteiger partial charge on any atom is 0.278 e. The van der Waals surface area contributed by atoms with Gasteiger partial charge in [-0.3, -0.25) is 19.3 Å². The van der Waals surface area contributed by atoms with Crippen molar-refractivity contribution in [1.29, 1.82) is 0 Å². The van der Waals surface area contributed by atoms with Crippen LogP contribution in [0.3, 0.4) is 0 Å². The fraction of sp³-hybridized carbons (Fsp3) is 0.261. The molecule has 3 amide bonds. The molecule has 0 unspecified atom stereocenters. The molecule has 0 atom stereocenters. The van der Waals surface area contributed by atoms with E-state index in [0.717, 1.165) is 36.4 Å². The van der Waals surface area contributed by atoms with E-state index in [4.69, 9.17) is 11.6 Å². The van der Waals surface area contributed by atoms with Crippen LogP contribution < -0.4 is 5.32 Å². The minimum atomic E-state index is -0.510. The Morgan fingerprint density at radius 1 is 0.967 bits per heavy atom. The van der Waals surface area contributed by atoms with Crippen molar-refractivity contribution in [3.8, 4) is 0 Å². The summed E-state index contributed by atoms with van der Waals surface area (Å²) in [5.74, 6) is -1.00. The normalized spacial score (nSPS) is 16.6. The maximum absolute atomic E-state index is 12.8. The predicted molar refractivity (Wildman–Crippen MR) is 115 cm³/mol. The molecule has 0 bridgehead atoms. The van der Waals surface area contributed by atoms with Crippen LogP contribution in [0.5, 0.6) is 0 Å². The molecular formula is C23H22ClN3O3. The van der Waals surface area contributed by atoms with Crippen LogP contribution in [-0.4, -0.2) is 47.2 Å². The molecule has 1 fully saturated rings. The molecule has 2 aromatic rings. The highest BCUT2D eigenvalue weighted by Crippen LogP contribution is 2.26. The first-order valence-corrected chi connectivity index (χ1v) is 10.4. The van der Waals surface area contributed by atoms with Gasteiger partial charge in [0.1, 0.15) is 10.7 Å². The lowest BCUT2D eigenvalue weighted by molar-refractivity contribution is -0.137. The van der Waals surface area contributed by atoms with Crippen molar-refractivity contribution in [2.45, 2.75) is 19.3 Å². The van der Waals surface area contributed by atoms with Crippen LogP contribution in [-0.2, 0) is 16.0 Å². The number of amides is 3. The summed E-state index contributed by atoms with van der Waals surface area (Å²) in [6.07, 6.45) is 2.58. The average molecular weight is 424 g/mol. The van der Waals surface area contributed by atoms with Gasteiger partial charge in [-0.05, 0) is 43.0 Å². The average Bonchev–Trinajstić information content (AvgIpc) is 3.37. The number of carbonyl (C=O) groups is 3. The molecule has 154 valence electrons. The number of rotatable bonds is 6. The van der Waals surface area contributed by atoms with E-state index in [1.807, 2.05) is 35.2 Å². The number of carbonyl (C=O) groups excluding carboxylic acids is 3. The number of benzene rings is 2. The first-order valence-electron chi connectivity index (χ1n) is 10.0. The highest BCUT2D eigenvalue weighted by atomic mass is 35.5. The molecule has 0 saturated carbocycles. The third-order valence-corrected chi connectivity index (χ3v) is 5.70. The molecular weight excluding hydrogens is 402 g/mol. The quantitative estimate of drug-likeness (QED) is 0.723. The third kappa shape index (κ3) is 4.09. The van der Waals surface area contributed by atoms with Gasteiger partial charge >= 0.3 is 0 Å². The van der Waals surface area contributed by atoms with Crippen LogP contribution in [0.25, 0.3) is 0 Å². The molecule has 0 radical (unpaired) electrons. The summed E-state index contributed by atoms with van der Waals surface area (Å²) in [6.45, 7) is 1.77. The number of nitrogens with zero attached hydrogens (tertiary/aromatic N) is 2. The summed E-state index contributed by atoms with van der Waals surface area (Å²) in [7, 11) is 0. The lowest BCUT2D eigenvalue weighted by atomic mass is 10.1. The van der Waals surface area contributed by atoms with Gasteiger partial charge in [-0.15, -0.1) is 0 Å². The Labute approximate surface area is 180 Å². The number of nitrogens with one attached hydrogen (secondary N) is 1. The second-order valence-corrected chi connectivity index (χ2v) is 7.77. The highest BCUT2D eigenvalue weighted by Gasteiger charge is 2.37. The van der Waals surface area contributed by atoms with Gasteiger partial charge in [0.15, 0.2) is 0 Å². The summed E-state index contributed by atoms with van der Waals surface area (Å²) in [6, 6.07) is 16.5. The molecule has 0 spiro atoms. The van der Waals surface area contributed by atoms with Crippen LogP contribution >= 0.6 is 11.6 Å². The summed E-state index contributed by atoms with van der Waals surface area (Å²) >= 11 is 6.19. The van der Waals surface area contributed by atoms with E-state index in [0.29, 0.717) is 17.7 Å². The van der Waals surface area contributed by atoms with Crippen LogP contribution in [0.15, 0.2) is 65.3 Å². The fourth-order valence-electron chi connectivity index (χ4n) is 3.72. The number of imide groups is 1. The van der Waals surface area contributed by atoms with Gasteiger partial charge in [0.05, 0.1) is 0 Å². The van der Waals surface area contributed by atoms with Crippen LogP contribution in [0.4, 0.5) is 5.69 Å². The van der Waals surface area contributed by atoms with Crippen molar-refractivity contribution in [3.05, 3.63) is 76.5 Å². The zero-order valence-electron chi connectivity index (χ0n) is 16.4. The van der Waals surface area contributed by atoms with E-state index < -0.39 is 11.8 Å². The molecule has 1 saturated heterocycles. The summed E-state index contributed by atoms with van der Waals surface area (Å²) in [5.41, 5.74) is 2.15. The zero-order chi connectivity index (χ0) is 21.1. The van der Waals surface area contributed by atoms with Crippen LogP contribution in [0.1, 0.15) is 28.8 Å². The van der Waals surface area contributed by atoms with Crippen molar-refractivity contribution in [2.75, 3.05) is 25.0 Å². The van der Waals surface area contributed by atoms with Crippen molar-refractivity contribution in [3.63, 3.8) is 0 Å². The van der Waals surface area contributed by atoms with Gasteiger partial charge in [0.25, 0.3) is 17.7 Å². The third-order valence-electron chi connectivity index (χ3n) is 5.35. The Hall–Kier alpha value is -3.12. The molecule has 0 aromatic heterocycles. The topological polar surface area (TPSA) is 69.7 Å². The van der Waals surface area contributed by atoms with E-state index in [2.05, 4.69) is 5.32 Å². The highest BCUT2D eigenvalue weighted by molar-refractivity contribution is 6.48. The Morgan fingerprint density at radius 2 is 1.70 bits per heavy atom. The lowest BCUT2D eigenvalue weighted by Gasteiger charge is -2.17. The Morgan fingerprint density at radius 3 is 2.43 bits per heavy atom. The van der Waals surface area contributed by atoms with Gasteiger partial charge in [-0.2, -0.15) is 0 Å². The van der Waals surface area contributed by atoms with E-state index in [1.54, 1.807) is 24.3 Å². The molecule has 2 aromatic carbocycles. The monoisotopic (exact) mass is 423 g/mol. The lowest BCUT2D eigenvalue weighted by Crippen LogP contribution is -2.34. The second-order valence-electron chi connectivity index (χ2n) is 7.39. The first-order chi connectivity index (χ1) is 14.5. The fourth-order valence-corrected chi connectivity index (χ4v) is 3.95. The van der Waals surface area contributed by atoms with Crippen molar-refractivity contribution in [2.24, 2.45) is 0 Å². The number of likely N-dealkylation sites (tertiary alicyclic amines) is 1. The molecule has 2 heterocycles. The second kappa shape index (κ2) is 8.71. The molecule has 7 heteroatoms. The Balaban J connectivity index is 1.46. The largest absolute Gasteiger partial charge is 0.350 e. The number of halogens is 1. The first kappa shape index (κ1) is 20.2. The Kier molecular flexibility index (Phi) is 5.86. The van der Waals surface area contributed by atoms with Crippen LogP contribution in [0.2, 0.25) is 0 Å². The molecule has 6 nitrogen and oxygen atoms in total. The smallest absolute Gasteiger partial charge is 0.278 e. The minimum absolute atomic E-state index is 0.0328. The standard InChI is InChI=1S/C23H22ClN3O3/c24-19-20(23(30)27(22(19)29)14-11-16-7-2-1-3-8-16)25-18-10-6-9-17(15-18)21(28)26-12-4-5-13-26/h1-3,6-10,15,25H,4-5,11-14H2. The van der Waals surface area contributed by atoms with Gasteiger partial charge < -0.3 is 10.2 Å². The molecule has 0 aliphatic carbocycles. The van der Waals surface area contributed by atoms with Crippen molar-refractivity contribution >= 4 is 35.0 Å². The van der Waals surface area contributed by atoms with Crippen LogP contribution in [0, 0.1) is 0 Å². The predicted octanol–water partition coefficient (Wildman–Crippen LogP) is 3.40. The van der Waals surface area contributed by atoms with E-state index in [1.165, 1.54) is 0 Å². The Bertz CT molecular complexity index is 1010. The number of hydrogen-bond donors (Lipinski definition) is 1. The van der Waals surface area contributed by atoms with Crippen molar-refractivity contribution in [1.82, 2.24) is 9.80 Å². The molecule has 2 aliphatic heterocycles. The maximum atomic E-state index is 12.8. The zero-order valence-corrected chi connectivity index (χ0v) is 17.2. The van der Waals surface area contributed by atoms with E-state index in [-0.39, 0.29) is 23.2 Å². The van der Waals surface area contributed by atoms with Gasteiger partial charge in [0, 0.05) is 30.9 Å². The van der Waals surface area contributed by atoms with E-state index in [9.17, 15) is 14.4 Å². The number of anilines is 1. The van der Waals surface area contributed by atoms with E-state index >= 15 is 0 Å². The molecule has 1 N–H and O–H groups in total.